The van der Waals surface area contributed by atoms with Crippen LogP contribution in [-0.4, -0.2) is 37.2 Å². The Morgan fingerprint density at radius 3 is 0.744 bits per heavy atom. The zero-order valence-electron chi connectivity index (χ0n) is 53.2. The summed E-state index contributed by atoms with van der Waals surface area (Å²) in [6.45, 7) is 6.40. The second-order valence-corrected chi connectivity index (χ2v) is 22.0. The molecule has 1 atom stereocenters. The van der Waals surface area contributed by atoms with E-state index in [2.05, 4.69) is 167 Å². The first-order valence-electron chi connectivity index (χ1n) is 33.8. The standard InChI is InChI=1S/C76H124O6/c1-4-7-10-13-16-19-22-25-28-30-32-34-36-37-38-39-41-42-44-46-48-51-54-57-60-63-66-69-75(78)81-72-73(71-80-74(77)68-65-62-59-56-53-50-27-24-21-18-15-12-9-6-3)82-76(79)70-67-64-61-58-55-52-49-47-45-43-40-35-33-31-29-26-23-20-17-14-11-8-5-2/h7-8,10-11,16-17,19-20,25-26,28-29,32-35,37-38,41-43,45,49,52,73H,4-6,9,12-15,18,21-24,27,30-31,36,39-40,44,46-48,50-51,53-72H2,1-3H3/b10-7-,11-8-,19-16-,20-17-,28-25-,29-26-,34-32-,35-33-,38-37-,42-41-,45-43-,52-49-. The minimum atomic E-state index is -0.802. The van der Waals surface area contributed by atoms with Crippen LogP contribution in [0.1, 0.15) is 297 Å². The zero-order valence-corrected chi connectivity index (χ0v) is 53.2. The Kier molecular flexibility index (Phi) is 64.8. The molecule has 0 saturated carbocycles. The predicted molar refractivity (Wildman–Crippen MR) is 357 cm³/mol. The van der Waals surface area contributed by atoms with E-state index in [4.69, 9.17) is 14.2 Å². The Balaban J connectivity index is 4.42. The summed E-state index contributed by atoms with van der Waals surface area (Å²) in [6.07, 6.45) is 98.5. The highest BCUT2D eigenvalue weighted by Gasteiger charge is 2.19. The number of hydrogen-bond acceptors (Lipinski definition) is 6. The van der Waals surface area contributed by atoms with Crippen molar-refractivity contribution in [2.24, 2.45) is 0 Å². The van der Waals surface area contributed by atoms with Gasteiger partial charge in [-0.15, -0.1) is 0 Å². The van der Waals surface area contributed by atoms with Crippen molar-refractivity contribution >= 4 is 17.9 Å². The minimum absolute atomic E-state index is 0.0934. The van der Waals surface area contributed by atoms with E-state index in [9.17, 15) is 14.4 Å². The molecule has 0 saturated heterocycles. The number of hydrogen-bond donors (Lipinski definition) is 0. The fourth-order valence-electron chi connectivity index (χ4n) is 9.10. The van der Waals surface area contributed by atoms with Gasteiger partial charge < -0.3 is 14.2 Å². The molecule has 0 aromatic rings. The van der Waals surface area contributed by atoms with E-state index in [1.54, 1.807) is 0 Å². The molecule has 1 unspecified atom stereocenters. The van der Waals surface area contributed by atoms with Gasteiger partial charge in [0.05, 0.1) is 0 Å². The van der Waals surface area contributed by atoms with Gasteiger partial charge in [0.15, 0.2) is 6.10 Å². The maximum atomic E-state index is 12.9. The summed E-state index contributed by atoms with van der Waals surface area (Å²) in [5, 5.41) is 0. The molecule has 0 spiro atoms. The van der Waals surface area contributed by atoms with E-state index < -0.39 is 6.10 Å². The molecule has 0 bridgehead atoms. The molecular formula is C76H124O6. The summed E-state index contributed by atoms with van der Waals surface area (Å²) < 4.78 is 16.9. The Labute approximate surface area is 506 Å². The van der Waals surface area contributed by atoms with Crippen LogP contribution in [0.15, 0.2) is 146 Å². The number of carbonyl (C=O) groups is 3. The van der Waals surface area contributed by atoms with Crippen LogP contribution in [0.25, 0.3) is 0 Å². The van der Waals surface area contributed by atoms with Crippen molar-refractivity contribution in [3.05, 3.63) is 146 Å². The molecule has 0 aliphatic heterocycles. The molecule has 0 N–H and O–H groups in total. The summed E-state index contributed by atoms with van der Waals surface area (Å²) in [5.74, 6) is -0.922. The lowest BCUT2D eigenvalue weighted by molar-refractivity contribution is -0.167. The van der Waals surface area contributed by atoms with Gasteiger partial charge in [-0.2, -0.15) is 0 Å². The first-order valence-corrected chi connectivity index (χ1v) is 33.8. The van der Waals surface area contributed by atoms with Gasteiger partial charge >= 0.3 is 17.9 Å². The second kappa shape index (κ2) is 68.8. The SMILES string of the molecule is CC/C=C\C/C=C\C/C=C\C/C=C\C/C=C\C/C=C\CCCCCCCCCCC(=O)OCC(COC(=O)CCCCCCCCCCCCCCCC)OC(=O)CCCCCC/C=C\C/C=C\C/C=C\C/C=C\C/C=C\C/C=C\CC. The molecular weight excluding hydrogens is 1010 g/mol. The van der Waals surface area contributed by atoms with Gasteiger partial charge in [0, 0.05) is 19.3 Å². The van der Waals surface area contributed by atoms with Crippen LogP contribution in [0.5, 0.6) is 0 Å². The number of carbonyl (C=O) groups excluding carboxylic acids is 3. The van der Waals surface area contributed by atoms with Gasteiger partial charge in [-0.3, -0.25) is 14.4 Å². The average molecular weight is 1130 g/mol. The third kappa shape index (κ3) is 66.1. The van der Waals surface area contributed by atoms with Crippen molar-refractivity contribution in [3.8, 4) is 0 Å². The molecule has 0 aromatic heterocycles. The highest BCUT2D eigenvalue weighted by molar-refractivity contribution is 5.71. The monoisotopic (exact) mass is 1130 g/mol. The molecule has 0 radical (unpaired) electrons. The van der Waals surface area contributed by atoms with Crippen LogP contribution in [-0.2, 0) is 28.6 Å². The summed E-state index contributed by atoms with van der Waals surface area (Å²) >= 11 is 0. The first kappa shape index (κ1) is 77.3. The van der Waals surface area contributed by atoms with E-state index >= 15 is 0 Å². The lowest BCUT2D eigenvalue weighted by Crippen LogP contribution is -2.30. The maximum Gasteiger partial charge on any atom is 0.306 e. The number of allylic oxidation sites excluding steroid dienone is 24. The molecule has 6 nitrogen and oxygen atoms in total. The summed E-state index contributed by atoms with van der Waals surface area (Å²) in [5.41, 5.74) is 0. The van der Waals surface area contributed by atoms with Crippen molar-refractivity contribution in [2.45, 2.75) is 303 Å². The largest absolute Gasteiger partial charge is 0.462 e. The van der Waals surface area contributed by atoms with Crippen LogP contribution in [0.3, 0.4) is 0 Å². The van der Waals surface area contributed by atoms with E-state index in [-0.39, 0.29) is 31.1 Å². The van der Waals surface area contributed by atoms with Gasteiger partial charge in [0.1, 0.15) is 13.2 Å². The quantitative estimate of drug-likeness (QED) is 0.0261. The highest BCUT2D eigenvalue weighted by atomic mass is 16.6. The fourth-order valence-corrected chi connectivity index (χ4v) is 9.10. The van der Waals surface area contributed by atoms with Crippen molar-refractivity contribution < 1.29 is 28.6 Å². The van der Waals surface area contributed by atoms with Gasteiger partial charge in [-0.05, 0) is 122 Å². The topological polar surface area (TPSA) is 78.9 Å². The Bertz CT molecular complexity index is 1780. The summed E-state index contributed by atoms with van der Waals surface area (Å²) in [6, 6.07) is 0. The van der Waals surface area contributed by atoms with Crippen LogP contribution < -0.4 is 0 Å². The second-order valence-electron chi connectivity index (χ2n) is 22.0. The zero-order chi connectivity index (χ0) is 59.2. The predicted octanol–water partition coefficient (Wildman–Crippen LogP) is 23.5. The van der Waals surface area contributed by atoms with Crippen LogP contribution in [0.2, 0.25) is 0 Å². The van der Waals surface area contributed by atoms with E-state index in [1.165, 1.54) is 103 Å². The number of esters is 3. The molecule has 464 valence electrons. The van der Waals surface area contributed by atoms with Gasteiger partial charge in [0.25, 0.3) is 0 Å². The summed E-state index contributed by atoms with van der Waals surface area (Å²) in [7, 11) is 0. The van der Waals surface area contributed by atoms with E-state index in [0.29, 0.717) is 19.3 Å². The molecule has 0 amide bonds. The number of rotatable bonds is 60. The fraction of sp³-hybridized carbons (Fsp3) is 0.645. The van der Waals surface area contributed by atoms with E-state index in [0.717, 1.165) is 154 Å². The smallest absolute Gasteiger partial charge is 0.306 e. The molecule has 0 aliphatic carbocycles. The van der Waals surface area contributed by atoms with Crippen LogP contribution in [0.4, 0.5) is 0 Å². The lowest BCUT2D eigenvalue weighted by Gasteiger charge is -2.18. The Morgan fingerprint density at radius 2 is 0.476 bits per heavy atom. The first-order chi connectivity index (χ1) is 40.5. The van der Waals surface area contributed by atoms with Gasteiger partial charge in [-0.1, -0.05) is 301 Å². The highest BCUT2D eigenvalue weighted by Crippen LogP contribution is 2.16. The molecule has 6 heteroatoms. The number of ether oxygens (including phenoxy) is 3. The molecule has 0 fully saturated rings. The average Bonchev–Trinajstić information content (AvgIpc) is 3.48. The number of unbranched alkanes of at least 4 members (excludes halogenated alkanes) is 25. The molecule has 82 heavy (non-hydrogen) atoms. The van der Waals surface area contributed by atoms with Crippen LogP contribution >= 0.6 is 0 Å². The van der Waals surface area contributed by atoms with E-state index in [1.807, 2.05) is 0 Å². The third-order valence-corrected chi connectivity index (χ3v) is 14.1. The minimum Gasteiger partial charge on any atom is -0.462 e. The van der Waals surface area contributed by atoms with Gasteiger partial charge in [-0.25, -0.2) is 0 Å². The molecule has 0 aliphatic rings. The molecule has 0 aromatic carbocycles. The maximum absolute atomic E-state index is 12.9. The van der Waals surface area contributed by atoms with Crippen molar-refractivity contribution in [1.82, 2.24) is 0 Å². The van der Waals surface area contributed by atoms with Crippen molar-refractivity contribution in [2.75, 3.05) is 13.2 Å². The Morgan fingerprint density at radius 1 is 0.256 bits per heavy atom. The van der Waals surface area contributed by atoms with Crippen LogP contribution in [0, 0.1) is 0 Å². The molecule has 0 rings (SSSR count). The van der Waals surface area contributed by atoms with Gasteiger partial charge in [0.2, 0.25) is 0 Å². The van der Waals surface area contributed by atoms with Crippen molar-refractivity contribution in [1.29, 1.82) is 0 Å². The Hall–Kier alpha value is -4.71. The normalized spacial score (nSPS) is 13.1. The molecule has 0 heterocycles. The third-order valence-electron chi connectivity index (χ3n) is 14.1. The lowest BCUT2D eigenvalue weighted by atomic mass is 10.0. The summed E-state index contributed by atoms with van der Waals surface area (Å²) in [4.78, 5) is 38.4. The van der Waals surface area contributed by atoms with Crippen molar-refractivity contribution in [3.63, 3.8) is 0 Å².